The van der Waals surface area contributed by atoms with Crippen LogP contribution < -0.4 is 5.63 Å². The van der Waals surface area contributed by atoms with E-state index in [1.807, 2.05) is 32.0 Å². The van der Waals surface area contributed by atoms with Gasteiger partial charge in [0.25, 0.3) is 0 Å². The molecule has 0 aliphatic heterocycles. The fraction of sp³-hybridized carbons (Fsp3) is 0.318. The van der Waals surface area contributed by atoms with Crippen LogP contribution in [0.15, 0.2) is 51.7 Å². The van der Waals surface area contributed by atoms with Crippen LogP contribution in [0.5, 0.6) is 0 Å². The number of hydrogen-bond acceptors (Lipinski definition) is 3. The molecule has 0 unspecified atom stereocenters. The van der Waals surface area contributed by atoms with Crippen LogP contribution in [0.3, 0.4) is 0 Å². The first-order valence-electron chi connectivity index (χ1n) is 9.03. The van der Waals surface area contributed by atoms with Gasteiger partial charge in [-0.3, -0.25) is 4.90 Å². The maximum Gasteiger partial charge on any atom is 0.336 e. The fourth-order valence-corrected chi connectivity index (χ4v) is 3.47. The quantitative estimate of drug-likeness (QED) is 0.624. The first kappa shape index (κ1) is 17.0. The van der Waals surface area contributed by atoms with Gasteiger partial charge < -0.3 is 4.42 Å². The summed E-state index contributed by atoms with van der Waals surface area (Å²) in [5, 5.41) is 0.965. The van der Waals surface area contributed by atoms with E-state index in [4.69, 9.17) is 4.42 Å². The van der Waals surface area contributed by atoms with Crippen molar-refractivity contribution < 1.29 is 8.81 Å². The summed E-state index contributed by atoms with van der Waals surface area (Å²) in [5.74, 6) is -0.179. The van der Waals surface area contributed by atoms with Crippen LogP contribution in [0, 0.1) is 19.7 Å². The lowest BCUT2D eigenvalue weighted by Gasteiger charge is -2.23. The van der Waals surface area contributed by atoms with Gasteiger partial charge in [0.15, 0.2) is 0 Å². The maximum absolute atomic E-state index is 14.1. The standard InChI is InChI=1S/C22H22FNO2/c1-14-7-10-19-17(11-21(25)26-22(19)15(14)2)13-24(18-8-9-18)12-16-5-3-4-6-20(16)23/h3-7,10-11,18H,8-9,12-13H2,1-2H3. The third-order valence-electron chi connectivity index (χ3n) is 5.29. The van der Waals surface area contributed by atoms with Crippen molar-refractivity contribution in [1.82, 2.24) is 4.90 Å². The van der Waals surface area contributed by atoms with Crippen molar-refractivity contribution >= 4 is 11.0 Å². The normalized spacial score (nSPS) is 14.3. The lowest BCUT2D eigenvalue weighted by molar-refractivity contribution is 0.242. The van der Waals surface area contributed by atoms with Gasteiger partial charge in [0.05, 0.1) is 0 Å². The van der Waals surface area contributed by atoms with Crippen molar-refractivity contribution in [3.05, 3.63) is 81.0 Å². The van der Waals surface area contributed by atoms with E-state index in [0.717, 1.165) is 34.9 Å². The van der Waals surface area contributed by atoms with Crippen molar-refractivity contribution in [3.63, 3.8) is 0 Å². The molecule has 1 aliphatic carbocycles. The zero-order valence-corrected chi connectivity index (χ0v) is 15.1. The molecule has 1 aliphatic rings. The van der Waals surface area contributed by atoms with E-state index in [1.54, 1.807) is 12.1 Å². The molecule has 3 nitrogen and oxygen atoms in total. The molecule has 4 rings (SSSR count). The van der Waals surface area contributed by atoms with Crippen molar-refractivity contribution in [2.24, 2.45) is 0 Å². The van der Waals surface area contributed by atoms with Crippen molar-refractivity contribution in [3.8, 4) is 0 Å². The highest BCUT2D eigenvalue weighted by molar-refractivity contribution is 5.83. The molecule has 1 heterocycles. The molecule has 3 aromatic rings. The highest BCUT2D eigenvalue weighted by Gasteiger charge is 2.30. The zero-order valence-electron chi connectivity index (χ0n) is 15.1. The van der Waals surface area contributed by atoms with Crippen molar-refractivity contribution in [2.75, 3.05) is 0 Å². The van der Waals surface area contributed by atoms with Gasteiger partial charge in [0.1, 0.15) is 11.4 Å². The number of fused-ring (bicyclic) bond motifs is 1. The molecule has 134 valence electrons. The highest BCUT2D eigenvalue weighted by Crippen LogP contribution is 2.32. The van der Waals surface area contributed by atoms with E-state index in [9.17, 15) is 9.18 Å². The summed E-state index contributed by atoms with van der Waals surface area (Å²) in [6, 6.07) is 13.0. The first-order valence-corrected chi connectivity index (χ1v) is 9.03. The van der Waals surface area contributed by atoms with Gasteiger partial charge in [-0.05, 0) is 49.4 Å². The molecular formula is C22H22FNO2. The molecule has 0 atom stereocenters. The summed E-state index contributed by atoms with van der Waals surface area (Å²) in [7, 11) is 0. The number of nitrogens with zero attached hydrogens (tertiary/aromatic N) is 1. The predicted molar refractivity (Wildman–Crippen MR) is 101 cm³/mol. The average molecular weight is 351 g/mol. The van der Waals surface area contributed by atoms with Crippen LogP contribution in [0.1, 0.15) is 35.1 Å². The van der Waals surface area contributed by atoms with Crippen LogP contribution >= 0.6 is 0 Å². The Hall–Kier alpha value is -2.46. The minimum absolute atomic E-state index is 0.179. The molecule has 4 heteroatoms. The predicted octanol–water partition coefficient (Wildman–Crippen LogP) is 4.71. The SMILES string of the molecule is Cc1ccc2c(CN(Cc3ccccc3F)C3CC3)cc(=O)oc2c1C. The van der Waals surface area contributed by atoms with Gasteiger partial charge in [-0.25, -0.2) is 9.18 Å². The minimum atomic E-state index is -0.331. The molecular weight excluding hydrogens is 329 g/mol. The molecule has 0 spiro atoms. The second kappa shape index (κ2) is 6.69. The van der Waals surface area contributed by atoms with Crippen LogP contribution in [-0.2, 0) is 13.1 Å². The summed E-state index contributed by atoms with van der Waals surface area (Å²) in [4.78, 5) is 14.4. The van der Waals surface area contributed by atoms with Gasteiger partial charge in [-0.1, -0.05) is 30.3 Å². The molecule has 1 saturated carbocycles. The van der Waals surface area contributed by atoms with E-state index >= 15 is 0 Å². The summed E-state index contributed by atoms with van der Waals surface area (Å²) in [6.07, 6.45) is 2.23. The number of rotatable bonds is 5. The Morgan fingerprint density at radius 3 is 2.54 bits per heavy atom. The minimum Gasteiger partial charge on any atom is -0.422 e. The van der Waals surface area contributed by atoms with E-state index in [1.165, 1.54) is 6.07 Å². The molecule has 0 radical (unpaired) electrons. The number of benzene rings is 2. The Kier molecular flexibility index (Phi) is 4.37. The third kappa shape index (κ3) is 3.29. The number of aryl methyl sites for hydroxylation is 2. The second-order valence-corrected chi connectivity index (χ2v) is 7.20. The largest absolute Gasteiger partial charge is 0.422 e. The first-order chi connectivity index (χ1) is 12.5. The third-order valence-corrected chi connectivity index (χ3v) is 5.29. The smallest absolute Gasteiger partial charge is 0.336 e. The molecule has 26 heavy (non-hydrogen) atoms. The fourth-order valence-electron chi connectivity index (χ4n) is 3.47. The Morgan fingerprint density at radius 1 is 1.08 bits per heavy atom. The highest BCUT2D eigenvalue weighted by atomic mass is 19.1. The van der Waals surface area contributed by atoms with E-state index in [2.05, 4.69) is 11.0 Å². The lowest BCUT2D eigenvalue weighted by atomic mass is 10.0. The summed E-state index contributed by atoms with van der Waals surface area (Å²) in [5.41, 5.74) is 4.06. The molecule has 0 amide bonds. The van der Waals surface area contributed by atoms with Crippen LogP contribution in [0.25, 0.3) is 11.0 Å². The Bertz CT molecular complexity index is 1020. The van der Waals surface area contributed by atoms with Gasteiger partial charge in [-0.2, -0.15) is 0 Å². The number of halogens is 1. The monoisotopic (exact) mass is 351 g/mol. The second-order valence-electron chi connectivity index (χ2n) is 7.20. The van der Waals surface area contributed by atoms with Crippen LogP contribution in [0.2, 0.25) is 0 Å². The Morgan fingerprint density at radius 2 is 1.81 bits per heavy atom. The van der Waals surface area contributed by atoms with Gasteiger partial charge in [0, 0.05) is 36.1 Å². The van der Waals surface area contributed by atoms with E-state index in [-0.39, 0.29) is 11.4 Å². The molecule has 1 fully saturated rings. The zero-order chi connectivity index (χ0) is 18.3. The average Bonchev–Trinajstić information content (AvgIpc) is 3.45. The van der Waals surface area contributed by atoms with Gasteiger partial charge in [-0.15, -0.1) is 0 Å². The summed E-state index contributed by atoms with van der Waals surface area (Å²) >= 11 is 0. The van der Waals surface area contributed by atoms with E-state index in [0.29, 0.717) is 30.3 Å². The Balaban J connectivity index is 1.71. The summed E-state index contributed by atoms with van der Waals surface area (Å²) in [6.45, 7) is 5.14. The maximum atomic E-state index is 14.1. The lowest BCUT2D eigenvalue weighted by Crippen LogP contribution is -2.26. The van der Waals surface area contributed by atoms with Crippen LogP contribution in [-0.4, -0.2) is 10.9 Å². The van der Waals surface area contributed by atoms with Crippen molar-refractivity contribution in [2.45, 2.75) is 45.8 Å². The molecule has 0 saturated heterocycles. The molecule has 1 aromatic heterocycles. The Labute approximate surface area is 152 Å². The van der Waals surface area contributed by atoms with Crippen LogP contribution in [0.4, 0.5) is 4.39 Å². The topological polar surface area (TPSA) is 33.5 Å². The molecule has 0 N–H and O–H groups in total. The van der Waals surface area contributed by atoms with E-state index < -0.39 is 0 Å². The van der Waals surface area contributed by atoms with Gasteiger partial charge in [0.2, 0.25) is 0 Å². The summed E-state index contributed by atoms with van der Waals surface area (Å²) < 4.78 is 19.6. The molecule has 0 bridgehead atoms. The van der Waals surface area contributed by atoms with Gasteiger partial charge >= 0.3 is 5.63 Å². The molecule has 2 aromatic carbocycles. The number of hydrogen-bond donors (Lipinski definition) is 0. The van der Waals surface area contributed by atoms with Crippen molar-refractivity contribution in [1.29, 1.82) is 0 Å².